The minimum absolute atomic E-state index is 0.291. The highest BCUT2D eigenvalue weighted by atomic mass is 19.1. The normalized spacial score (nSPS) is 10.6. The Hall–Kier alpha value is -2.42. The van der Waals surface area contributed by atoms with E-state index in [1.807, 2.05) is 24.3 Å². The predicted molar refractivity (Wildman–Crippen MR) is 75.3 cm³/mol. The van der Waals surface area contributed by atoms with E-state index in [1.165, 1.54) is 18.3 Å². The second kappa shape index (κ2) is 6.50. The average molecular weight is 255 g/mol. The molecule has 0 spiro atoms. The number of nitrogens with zero attached hydrogens (tertiary/aromatic N) is 1. The maximum Gasteiger partial charge on any atom is 0.142 e. The molecule has 0 saturated heterocycles. The van der Waals surface area contributed by atoms with Crippen LogP contribution < -0.4 is 0 Å². The molecule has 2 rings (SSSR count). The van der Waals surface area contributed by atoms with Crippen LogP contribution in [0.3, 0.4) is 0 Å². The van der Waals surface area contributed by atoms with Crippen molar-refractivity contribution in [3.8, 4) is 0 Å². The number of benzene rings is 2. The van der Waals surface area contributed by atoms with E-state index in [-0.39, 0.29) is 5.82 Å². The van der Waals surface area contributed by atoms with Gasteiger partial charge in [-0.2, -0.15) is 0 Å². The highest BCUT2D eigenvalue weighted by molar-refractivity contribution is 5.78. The highest BCUT2D eigenvalue weighted by Crippen LogP contribution is 2.11. The van der Waals surface area contributed by atoms with Crippen molar-refractivity contribution in [3.63, 3.8) is 0 Å². The van der Waals surface area contributed by atoms with Crippen molar-refractivity contribution >= 4 is 12.3 Å². The average Bonchev–Trinajstić information content (AvgIpc) is 2.44. The van der Waals surface area contributed by atoms with E-state index >= 15 is 0 Å². The third kappa shape index (κ3) is 3.78. The Morgan fingerprint density at radius 2 is 2.00 bits per heavy atom. The molecule has 0 radical (unpaired) electrons. The van der Waals surface area contributed by atoms with Crippen LogP contribution in [-0.4, -0.2) is 6.21 Å². The van der Waals surface area contributed by atoms with Crippen molar-refractivity contribution in [2.24, 2.45) is 5.16 Å². The minimum atomic E-state index is -0.291. The van der Waals surface area contributed by atoms with E-state index in [9.17, 15) is 4.39 Å². The van der Waals surface area contributed by atoms with Crippen LogP contribution in [0.2, 0.25) is 0 Å². The fourth-order valence-corrected chi connectivity index (χ4v) is 1.66. The summed E-state index contributed by atoms with van der Waals surface area (Å²) in [7, 11) is 0. The molecule has 0 aliphatic rings. The fourth-order valence-electron chi connectivity index (χ4n) is 1.66. The molecule has 2 aromatic carbocycles. The second-order valence-electron chi connectivity index (χ2n) is 3.97. The van der Waals surface area contributed by atoms with Crippen molar-refractivity contribution in [1.82, 2.24) is 0 Å². The van der Waals surface area contributed by atoms with Crippen molar-refractivity contribution in [3.05, 3.63) is 77.6 Å². The zero-order valence-corrected chi connectivity index (χ0v) is 10.4. The van der Waals surface area contributed by atoms with Gasteiger partial charge in [0, 0.05) is 0 Å². The van der Waals surface area contributed by atoms with Crippen LogP contribution >= 0.6 is 0 Å². The molecule has 0 heterocycles. The molecule has 0 unspecified atom stereocenters. The van der Waals surface area contributed by atoms with Crippen molar-refractivity contribution < 1.29 is 9.23 Å². The van der Waals surface area contributed by atoms with Crippen molar-refractivity contribution in [2.75, 3.05) is 0 Å². The SMILES string of the molecule is C=Cc1ccccc1CON=Cc1cccc(F)c1. The van der Waals surface area contributed by atoms with Crippen LogP contribution in [0.25, 0.3) is 6.08 Å². The first-order chi connectivity index (χ1) is 9.29. The number of halogens is 1. The number of rotatable bonds is 5. The first kappa shape index (κ1) is 13.0. The number of hydrogen-bond acceptors (Lipinski definition) is 2. The maximum atomic E-state index is 12.9. The van der Waals surface area contributed by atoms with Gasteiger partial charge >= 0.3 is 0 Å². The van der Waals surface area contributed by atoms with E-state index in [1.54, 1.807) is 18.2 Å². The summed E-state index contributed by atoms with van der Waals surface area (Å²) >= 11 is 0. The largest absolute Gasteiger partial charge is 0.391 e. The molecule has 0 aromatic heterocycles. The molecule has 2 nitrogen and oxygen atoms in total. The molecule has 0 fully saturated rings. The Morgan fingerprint density at radius 3 is 2.79 bits per heavy atom. The molecule has 0 saturated carbocycles. The van der Waals surface area contributed by atoms with Crippen LogP contribution in [0, 0.1) is 5.82 Å². The van der Waals surface area contributed by atoms with Gasteiger partial charge in [-0.15, -0.1) is 0 Å². The fraction of sp³-hybridized carbons (Fsp3) is 0.0625. The van der Waals surface area contributed by atoms with E-state index < -0.39 is 0 Å². The van der Waals surface area contributed by atoms with Gasteiger partial charge < -0.3 is 4.84 Å². The Labute approximate surface area is 111 Å². The van der Waals surface area contributed by atoms with Gasteiger partial charge in [-0.1, -0.05) is 54.2 Å². The minimum Gasteiger partial charge on any atom is -0.391 e. The van der Waals surface area contributed by atoms with Crippen molar-refractivity contribution in [2.45, 2.75) is 6.61 Å². The summed E-state index contributed by atoms with van der Waals surface area (Å²) in [6.45, 7) is 4.10. The molecule has 0 bridgehead atoms. The summed E-state index contributed by atoms with van der Waals surface area (Å²) in [5, 5.41) is 3.83. The molecule has 96 valence electrons. The Morgan fingerprint density at radius 1 is 1.16 bits per heavy atom. The highest BCUT2D eigenvalue weighted by Gasteiger charge is 1.97. The molecule has 3 heteroatoms. The van der Waals surface area contributed by atoms with Gasteiger partial charge in [0.05, 0.1) is 6.21 Å². The molecular weight excluding hydrogens is 241 g/mol. The number of hydrogen-bond donors (Lipinski definition) is 0. The van der Waals surface area contributed by atoms with Crippen LogP contribution in [0.1, 0.15) is 16.7 Å². The molecule has 2 aromatic rings. The van der Waals surface area contributed by atoms with Crippen LogP contribution in [-0.2, 0) is 11.4 Å². The van der Waals surface area contributed by atoms with Crippen molar-refractivity contribution in [1.29, 1.82) is 0 Å². The summed E-state index contributed by atoms with van der Waals surface area (Å²) < 4.78 is 12.9. The van der Waals surface area contributed by atoms with E-state index in [2.05, 4.69) is 11.7 Å². The third-order valence-electron chi connectivity index (χ3n) is 2.62. The van der Waals surface area contributed by atoms with Gasteiger partial charge in [-0.05, 0) is 28.8 Å². The summed E-state index contributed by atoms with van der Waals surface area (Å²) in [4.78, 5) is 5.21. The topological polar surface area (TPSA) is 21.6 Å². The standard InChI is InChI=1S/C16H14FNO/c1-2-14-7-3-4-8-15(14)12-19-18-11-13-6-5-9-16(17)10-13/h2-11H,1,12H2. The summed E-state index contributed by atoms with van der Waals surface area (Å²) in [6.07, 6.45) is 3.26. The lowest BCUT2D eigenvalue weighted by atomic mass is 10.1. The Balaban J connectivity index is 1.95. The number of oxime groups is 1. The lowest BCUT2D eigenvalue weighted by Gasteiger charge is -2.03. The van der Waals surface area contributed by atoms with E-state index in [0.717, 1.165) is 11.1 Å². The smallest absolute Gasteiger partial charge is 0.142 e. The van der Waals surface area contributed by atoms with E-state index in [4.69, 9.17) is 4.84 Å². The zero-order valence-electron chi connectivity index (χ0n) is 10.4. The molecule has 0 aliphatic heterocycles. The zero-order chi connectivity index (χ0) is 13.5. The second-order valence-corrected chi connectivity index (χ2v) is 3.97. The Bertz CT molecular complexity index is 593. The van der Waals surface area contributed by atoms with E-state index in [0.29, 0.717) is 12.2 Å². The van der Waals surface area contributed by atoms with Gasteiger partial charge in [0.2, 0.25) is 0 Å². The van der Waals surface area contributed by atoms with Crippen LogP contribution in [0.4, 0.5) is 4.39 Å². The Kier molecular flexibility index (Phi) is 4.45. The van der Waals surface area contributed by atoms with Gasteiger partial charge in [-0.3, -0.25) is 0 Å². The summed E-state index contributed by atoms with van der Waals surface area (Å²) in [5.74, 6) is -0.291. The molecule has 0 aliphatic carbocycles. The summed E-state index contributed by atoms with van der Waals surface area (Å²) in [5.41, 5.74) is 2.69. The lowest BCUT2D eigenvalue weighted by molar-refractivity contribution is 0.132. The third-order valence-corrected chi connectivity index (χ3v) is 2.62. The monoisotopic (exact) mass is 255 g/mol. The van der Waals surface area contributed by atoms with Gasteiger partial charge in [0.25, 0.3) is 0 Å². The van der Waals surface area contributed by atoms with Crippen LogP contribution in [0.5, 0.6) is 0 Å². The first-order valence-electron chi connectivity index (χ1n) is 5.91. The first-order valence-corrected chi connectivity index (χ1v) is 5.91. The van der Waals surface area contributed by atoms with Crippen LogP contribution in [0.15, 0.2) is 60.3 Å². The quantitative estimate of drug-likeness (QED) is 0.584. The lowest BCUT2D eigenvalue weighted by Crippen LogP contribution is -1.91. The molecule has 19 heavy (non-hydrogen) atoms. The molecule has 0 amide bonds. The van der Waals surface area contributed by atoms with Gasteiger partial charge in [0.1, 0.15) is 12.4 Å². The molecule has 0 atom stereocenters. The maximum absolute atomic E-state index is 12.9. The molecule has 0 N–H and O–H groups in total. The summed E-state index contributed by atoms with van der Waals surface area (Å²) in [6, 6.07) is 14.0. The van der Waals surface area contributed by atoms with Gasteiger partial charge in [0.15, 0.2) is 0 Å². The predicted octanol–water partition coefficient (Wildman–Crippen LogP) is 4.02. The van der Waals surface area contributed by atoms with Gasteiger partial charge in [-0.25, -0.2) is 4.39 Å². The molecular formula is C16H14FNO.